The molecule has 210 valence electrons. The Hall–Kier alpha value is -3.40. The Morgan fingerprint density at radius 2 is 1.77 bits per heavy atom. The highest BCUT2D eigenvalue weighted by molar-refractivity contribution is 6.74. The lowest BCUT2D eigenvalue weighted by atomic mass is 10.0. The minimum atomic E-state index is -1.98. The quantitative estimate of drug-likeness (QED) is 0.177. The molecule has 10 heteroatoms. The van der Waals surface area contributed by atoms with E-state index < -0.39 is 13.9 Å². The predicted octanol–water partition coefficient (Wildman–Crippen LogP) is 6.65. The number of pyridine rings is 3. The van der Waals surface area contributed by atoms with E-state index in [1.54, 1.807) is 30.6 Å². The topological polar surface area (TPSA) is 99.0 Å². The molecule has 4 heterocycles. The number of anilines is 1. The number of nitrogens with one attached hydrogen (secondary N) is 1. The predicted molar refractivity (Wildman–Crippen MR) is 161 cm³/mol. The van der Waals surface area contributed by atoms with Crippen LogP contribution in [0.25, 0.3) is 10.9 Å². The first-order valence-corrected chi connectivity index (χ1v) is 16.5. The molecule has 0 spiro atoms. The van der Waals surface area contributed by atoms with Crippen LogP contribution >= 0.6 is 11.6 Å². The summed E-state index contributed by atoms with van der Waals surface area (Å²) in [5.74, 6) is -0.480. The first kappa shape index (κ1) is 29.6. The van der Waals surface area contributed by atoms with Crippen molar-refractivity contribution in [1.29, 1.82) is 0 Å². The number of ketones is 1. The first-order valence-electron chi connectivity index (χ1n) is 13.2. The molecule has 0 bridgehead atoms. The molecule has 40 heavy (non-hydrogen) atoms. The third-order valence-corrected chi connectivity index (χ3v) is 12.2. The standard InChI is InChI=1S/C30H36ClN5O3Si/c1-29(2,3)40(6,7)39-19-30(4,5)36-18-25(24-17-32-11-10-26(24)36)28(38)20-12-23(16-33-14-20)35-27(37)13-22-9-8-21(31)15-34-22/h8-12,14-18H,13,19H2,1-7H3,(H,35,37). The van der Waals surface area contributed by atoms with Crippen molar-refractivity contribution in [2.75, 3.05) is 11.9 Å². The molecule has 0 saturated carbocycles. The van der Waals surface area contributed by atoms with Crippen LogP contribution in [0.4, 0.5) is 5.69 Å². The lowest BCUT2D eigenvalue weighted by Gasteiger charge is -2.39. The lowest BCUT2D eigenvalue weighted by Crippen LogP contribution is -2.45. The molecule has 1 N–H and O–H groups in total. The van der Waals surface area contributed by atoms with Crippen molar-refractivity contribution in [1.82, 2.24) is 19.5 Å². The second-order valence-electron chi connectivity index (χ2n) is 12.2. The molecule has 4 aromatic rings. The third kappa shape index (κ3) is 6.49. The van der Waals surface area contributed by atoms with Crippen LogP contribution < -0.4 is 5.32 Å². The highest BCUT2D eigenvalue weighted by Gasteiger charge is 2.39. The molecular formula is C30H36ClN5O3Si. The van der Waals surface area contributed by atoms with E-state index in [2.05, 4.69) is 72.5 Å². The number of amides is 1. The fraction of sp³-hybridized carbons (Fsp3) is 0.367. The van der Waals surface area contributed by atoms with Crippen LogP contribution in [-0.2, 0) is 21.2 Å². The summed E-state index contributed by atoms with van der Waals surface area (Å²) in [6.07, 6.45) is 9.89. The van der Waals surface area contributed by atoms with Gasteiger partial charge in [-0.05, 0) is 56.2 Å². The Balaban J connectivity index is 1.59. The van der Waals surface area contributed by atoms with Gasteiger partial charge in [0.05, 0.1) is 41.0 Å². The molecule has 8 nitrogen and oxygen atoms in total. The second-order valence-corrected chi connectivity index (χ2v) is 17.4. The summed E-state index contributed by atoms with van der Waals surface area (Å²) >= 11 is 5.87. The van der Waals surface area contributed by atoms with Crippen LogP contribution in [0.3, 0.4) is 0 Å². The zero-order valence-corrected chi connectivity index (χ0v) is 25.8. The number of aromatic nitrogens is 4. The van der Waals surface area contributed by atoms with Crippen molar-refractivity contribution in [3.05, 3.63) is 83.3 Å². The van der Waals surface area contributed by atoms with Gasteiger partial charge in [0.1, 0.15) is 0 Å². The highest BCUT2D eigenvalue weighted by Crippen LogP contribution is 2.38. The van der Waals surface area contributed by atoms with E-state index in [9.17, 15) is 9.59 Å². The van der Waals surface area contributed by atoms with Gasteiger partial charge in [-0.2, -0.15) is 0 Å². The van der Waals surface area contributed by atoms with Crippen LogP contribution in [0.15, 0.2) is 61.4 Å². The molecule has 0 unspecified atom stereocenters. The van der Waals surface area contributed by atoms with E-state index in [0.717, 1.165) is 10.9 Å². The Morgan fingerprint density at radius 1 is 1.02 bits per heavy atom. The van der Waals surface area contributed by atoms with Gasteiger partial charge in [0.25, 0.3) is 0 Å². The monoisotopic (exact) mass is 577 g/mol. The summed E-state index contributed by atoms with van der Waals surface area (Å²) < 4.78 is 8.67. The Labute approximate surface area is 241 Å². The molecule has 4 rings (SSSR count). The number of hydrogen-bond acceptors (Lipinski definition) is 6. The van der Waals surface area contributed by atoms with Crippen molar-refractivity contribution in [3.63, 3.8) is 0 Å². The number of nitrogens with zero attached hydrogens (tertiary/aromatic N) is 4. The summed E-state index contributed by atoms with van der Waals surface area (Å²) in [7, 11) is -1.98. The van der Waals surface area contributed by atoms with E-state index in [-0.39, 0.29) is 23.1 Å². The summed E-state index contributed by atoms with van der Waals surface area (Å²) in [5, 5.41) is 4.14. The molecule has 0 fully saturated rings. The average Bonchev–Trinajstić information content (AvgIpc) is 3.29. The maximum atomic E-state index is 13.8. The maximum Gasteiger partial charge on any atom is 0.230 e. The average molecular weight is 578 g/mol. The molecule has 0 aromatic carbocycles. The van der Waals surface area contributed by atoms with E-state index in [1.165, 1.54) is 18.6 Å². The van der Waals surface area contributed by atoms with Crippen LogP contribution in [0.1, 0.15) is 56.2 Å². The second kappa shape index (κ2) is 11.2. The SMILES string of the molecule is CC(C)(CO[Si](C)(C)C(C)(C)C)n1cc(C(=O)c2cncc(NC(=O)Cc3ccc(Cl)cn3)c2)c2cnccc21. The minimum Gasteiger partial charge on any atom is -0.414 e. The summed E-state index contributed by atoms with van der Waals surface area (Å²) in [6, 6.07) is 6.93. The fourth-order valence-corrected chi connectivity index (χ4v) is 5.33. The van der Waals surface area contributed by atoms with Gasteiger partial charge >= 0.3 is 0 Å². The molecule has 4 aromatic heterocycles. The van der Waals surface area contributed by atoms with Gasteiger partial charge in [-0.1, -0.05) is 32.4 Å². The largest absolute Gasteiger partial charge is 0.414 e. The van der Waals surface area contributed by atoms with Gasteiger partial charge < -0.3 is 14.3 Å². The molecule has 0 aliphatic rings. The van der Waals surface area contributed by atoms with Gasteiger partial charge in [0.15, 0.2) is 14.1 Å². The Bertz CT molecular complexity index is 1540. The smallest absolute Gasteiger partial charge is 0.230 e. The Kier molecular flexibility index (Phi) is 8.30. The number of hydrogen-bond donors (Lipinski definition) is 1. The number of carbonyl (C=O) groups is 2. The van der Waals surface area contributed by atoms with Crippen molar-refractivity contribution in [2.24, 2.45) is 0 Å². The van der Waals surface area contributed by atoms with E-state index in [0.29, 0.717) is 34.1 Å². The van der Waals surface area contributed by atoms with E-state index in [1.807, 2.05) is 12.3 Å². The van der Waals surface area contributed by atoms with Crippen LogP contribution in [0, 0.1) is 0 Å². The number of rotatable bonds is 9. The van der Waals surface area contributed by atoms with Gasteiger partial charge in [-0.15, -0.1) is 0 Å². The first-order chi connectivity index (χ1) is 18.7. The summed E-state index contributed by atoms with van der Waals surface area (Å²) in [6.45, 7) is 15.9. The molecule has 0 radical (unpaired) electrons. The molecule has 0 atom stereocenters. The molecule has 0 aliphatic carbocycles. The number of carbonyl (C=O) groups excluding carboxylic acids is 2. The number of fused-ring (bicyclic) bond motifs is 1. The molecular weight excluding hydrogens is 542 g/mol. The molecule has 0 aliphatic heterocycles. The molecule has 1 amide bonds. The van der Waals surface area contributed by atoms with Crippen LogP contribution in [0.2, 0.25) is 23.2 Å². The van der Waals surface area contributed by atoms with Gasteiger partial charge in [-0.25, -0.2) is 0 Å². The fourth-order valence-electron chi connectivity index (χ4n) is 4.07. The van der Waals surface area contributed by atoms with Crippen LogP contribution in [0.5, 0.6) is 0 Å². The van der Waals surface area contributed by atoms with E-state index in [4.69, 9.17) is 16.0 Å². The van der Waals surface area contributed by atoms with Gasteiger partial charge in [0, 0.05) is 53.2 Å². The Morgan fingerprint density at radius 3 is 2.45 bits per heavy atom. The van der Waals surface area contributed by atoms with Crippen molar-refractivity contribution in [2.45, 2.75) is 64.7 Å². The van der Waals surface area contributed by atoms with Crippen molar-refractivity contribution >= 4 is 48.2 Å². The summed E-state index contributed by atoms with van der Waals surface area (Å²) in [4.78, 5) is 39.0. The zero-order valence-electron chi connectivity index (χ0n) is 24.1. The van der Waals surface area contributed by atoms with Crippen molar-refractivity contribution < 1.29 is 14.0 Å². The minimum absolute atomic E-state index is 0.0700. The normalized spacial score (nSPS) is 12.5. The van der Waals surface area contributed by atoms with Crippen molar-refractivity contribution in [3.8, 4) is 0 Å². The molecule has 0 saturated heterocycles. The number of halogens is 1. The third-order valence-electron chi connectivity index (χ3n) is 7.51. The van der Waals surface area contributed by atoms with Crippen LogP contribution in [-0.4, -0.2) is 46.1 Å². The summed E-state index contributed by atoms with van der Waals surface area (Å²) in [5.41, 5.74) is 2.37. The zero-order chi connectivity index (χ0) is 29.3. The highest BCUT2D eigenvalue weighted by atomic mass is 35.5. The van der Waals surface area contributed by atoms with E-state index >= 15 is 0 Å². The van der Waals surface area contributed by atoms with Gasteiger partial charge in [0.2, 0.25) is 5.91 Å². The van der Waals surface area contributed by atoms with Gasteiger partial charge in [-0.3, -0.25) is 24.5 Å². The lowest BCUT2D eigenvalue weighted by molar-refractivity contribution is -0.115. The maximum absolute atomic E-state index is 13.8.